The van der Waals surface area contributed by atoms with E-state index in [1.54, 1.807) is 0 Å². The first-order chi connectivity index (χ1) is 38.2. The summed E-state index contributed by atoms with van der Waals surface area (Å²) < 4.78 is 39.7. The Morgan fingerprint density at radius 3 is 1.05 bits per heavy atom. The number of unbranched alkanes of at least 4 members (excludes halogenated alkanes) is 30. The number of hydrogen-bond donors (Lipinski definition) is 2. The van der Waals surface area contributed by atoms with Crippen molar-refractivity contribution in [2.24, 2.45) is 0 Å². The lowest BCUT2D eigenvalue weighted by Crippen LogP contribution is -2.30. The summed E-state index contributed by atoms with van der Waals surface area (Å²) in [5.74, 6) is -1.47. The van der Waals surface area contributed by atoms with Crippen LogP contribution < -0.4 is 0 Å². The van der Waals surface area contributed by atoms with Gasteiger partial charge in [0, 0.05) is 19.3 Å². The van der Waals surface area contributed by atoms with Gasteiger partial charge in [-0.1, -0.05) is 254 Å². The Morgan fingerprint density at radius 2 is 0.667 bits per heavy atom. The second-order valence-electron chi connectivity index (χ2n) is 21.2. The number of hydrogen-bond acceptors (Lipinski definition) is 10. The van der Waals surface area contributed by atoms with Crippen LogP contribution >= 0.6 is 7.82 Å². The topological polar surface area (TPSA) is 155 Å². The van der Waals surface area contributed by atoms with Crippen molar-refractivity contribution < 1.29 is 52.2 Å². The summed E-state index contributed by atoms with van der Waals surface area (Å²) in [6.45, 7) is 4.53. The SMILES string of the molecule is CC/C=C\C/C=C\C/C=C\C/C=C\CCCCCCCCC(=O)OC(COC(=O)CCCCCCCCCCC/C=C\C/C=C\CCCCC)COP(=O)(O)OCC(CO)OC(=O)CCCCCCCCCCCCCCC. The van der Waals surface area contributed by atoms with Gasteiger partial charge in [0.2, 0.25) is 0 Å². The molecular formula is C66H117O11P. The first kappa shape index (κ1) is 74.9. The van der Waals surface area contributed by atoms with Crippen LogP contribution in [0.5, 0.6) is 0 Å². The van der Waals surface area contributed by atoms with Crippen LogP contribution in [0.3, 0.4) is 0 Å². The molecule has 0 aliphatic carbocycles. The van der Waals surface area contributed by atoms with Crippen LogP contribution in [-0.4, -0.2) is 66.5 Å². The van der Waals surface area contributed by atoms with E-state index in [0.717, 1.165) is 116 Å². The molecule has 0 heterocycles. The van der Waals surface area contributed by atoms with E-state index >= 15 is 0 Å². The van der Waals surface area contributed by atoms with Crippen molar-refractivity contribution in [1.29, 1.82) is 0 Å². The molecule has 0 spiro atoms. The fraction of sp³-hybridized carbons (Fsp3) is 0.773. The molecule has 0 saturated heterocycles. The van der Waals surface area contributed by atoms with Crippen molar-refractivity contribution in [3.63, 3.8) is 0 Å². The van der Waals surface area contributed by atoms with Gasteiger partial charge in [-0.2, -0.15) is 0 Å². The van der Waals surface area contributed by atoms with Gasteiger partial charge in [-0.3, -0.25) is 23.4 Å². The zero-order chi connectivity index (χ0) is 56.9. The number of esters is 3. The number of phosphoric acid groups is 1. The van der Waals surface area contributed by atoms with E-state index in [4.69, 9.17) is 23.3 Å². The largest absolute Gasteiger partial charge is 0.472 e. The average Bonchev–Trinajstić information content (AvgIpc) is 3.43. The van der Waals surface area contributed by atoms with Gasteiger partial charge in [0.1, 0.15) is 12.7 Å². The quantitative estimate of drug-likeness (QED) is 0.0197. The van der Waals surface area contributed by atoms with Gasteiger partial charge in [-0.05, 0) is 89.9 Å². The van der Waals surface area contributed by atoms with Gasteiger partial charge in [0.05, 0.1) is 19.8 Å². The van der Waals surface area contributed by atoms with Crippen molar-refractivity contribution >= 4 is 25.7 Å². The van der Waals surface area contributed by atoms with Crippen molar-refractivity contribution in [2.75, 3.05) is 26.4 Å². The Hall–Kier alpha value is -3.08. The molecule has 11 nitrogen and oxygen atoms in total. The van der Waals surface area contributed by atoms with Gasteiger partial charge in [0.25, 0.3) is 0 Å². The maximum Gasteiger partial charge on any atom is 0.472 e. The molecule has 0 radical (unpaired) electrons. The highest BCUT2D eigenvalue weighted by Gasteiger charge is 2.28. The number of phosphoric ester groups is 1. The van der Waals surface area contributed by atoms with Gasteiger partial charge in [0.15, 0.2) is 6.10 Å². The molecule has 0 aromatic carbocycles. The van der Waals surface area contributed by atoms with Crippen LogP contribution in [0.4, 0.5) is 0 Å². The normalized spacial score (nSPS) is 13.8. The summed E-state index contributed by atoms with van der Waals surface area (Å²) >= 11 is 0. The maximum absolute atomic E-state index is 13.0. The van der Waals surface area contributed by atoms with Crippen molar-refractivity contribution in [2.45, 2.75) is 303 Å². The van der Waals surface area contributed by atoms with Crippen LogP contribution in [0.1, 0.15) is 290 Å². The number of carbonyl (C=O) groups excluding carboxylic acids is 3. The lowest BCUT2D eigenvalue weighted by molar-refractivity contribution is -0.161. The summed E-state index contributed by atoms with van der Waals surface area (Å²) in [5.41, 5.74) is 0. The van der Waals surface area contributed by atoms with E-state index in [0.29, 0.717) is 19.3 Å². The third-order valence-electron chi connectivity index (χ3n) is 13.6. The molecule has 2 N–H and O–H groups in total. The zero-order valence-electron chi connectivity index (χ0n) is 50.1. The molecule has 0 saturated carbocycles. The zero-order valence-corrected chi connectivity index (χ0v) is 51.0. The fourth-order valence-corrected chi connectivity index (χ4v) is 9.57. The first-order valence-corrected chi connectivity index (χ1v) is 33.3. The Labute approximate surface area is 478 Å². The second-order valence-corrected chi connectivity index (χ2v) is 22.7. The van der Waals surface area contributed by atoms with Crippen LogP contribution in [0.25, 0.3) is 0 Å². The van der Waals surface area contributed by atoms with E-state index in [1.807, 2.05) is 0 Å². The molecule has 0 bridgehead atoms. The van der Waals surface area contributed by atoms with E-state index in [2.05, 4.69) is 93.7 Å². The summed E-state index contributed by atoms with van der Waals surface area (Å²) in [5, 5.41) is 9.84. The predicted molar refractivity (Wildman–Crippen MR) is 325 cm³/mol. The number of aliphatic hydroxyl groups excluding tert-OH is 1. The minimum Gasteiger partial charge on any atom is -0.462 e. The molecule has 12 heteroatoms. The molecule has 0 aliphatic heterocycles. The number of rotatable bonds is 59. The molecule has 0 aromatic heterocycles. The molecule has 0 rings (SSSR count). The molecule has 452 valence electrons. The van der Waals surface area contributed by atoms with E-state index in [1.165, 1.54) is 116 Å². The van der Waals surface area contributed by atoms with Crippen LogP contribution in [-0.2, 0) is 42.2 Å². The average molecular weight is 1120 g/mol. The minimum atomic E-state index is -4.76. The molecule has 78 heavy (non-hydrogen) atoms. The Morgan fingerprint density at radius 1 is 0.372 bits per heavy atom. The van der Waals surface area contributed by atoms with E-state index < -0.39 is 57.8 Å². The van der Waals surface area contributed by atoms with Crippen LogP contribution in [0, 0.1) is 0 Å². The predicted octanol–water partition coefficient (Wildman–Crippen LogP) is 19.3. The van der Waals surface area contributed by atoms with Crippen LogP contribution in [0.2, 0.25) is 0 Å². The van der Waals surface area contributed by atoms with Crippen molar-refractivity contribution in [3.05, 3.63) is 72.9 Å². The molecule has 0 aliphatic rings. The van der Waals surface area contributed by atoms with Gasteiger partial charge in [-0.25, -0.2) is 4.57 Å². The monoisotopic (exact) mass is 1120 g/mol. The van der Waals surface area contributed by atoms with E-state index in [-0.39, 0.29) is 25.9 Å². The third kappa shape index (κ3) is 57.6. The minimum absolute atomic E-state index is 0.150. The standard InChI is InChI=1S/C66H117O11P/c1-4-7-10-13-16-19-22-25-27-29-31-33-35-38-40-43-46-49-52-55-64(68)73-59-63(77-66(70)57-54-51-48-45-42-39-36-34-32-30-28-26-23-20-17-14-11-8-5-2)61-75-78(71,72)74-60-62(58-67)76-65(69)56-53-50-47-44-41-37-24-21-18-15-12-9-6-3/h8,11,16-17,19-20,25-28,32,34,62-63,67H,4-7,9-10,12-15,18,21-24,29-31,33,35-61H2,1-3H3,(H,71,72)/b11-8-,19-16-,20-17-,27-25-,28-26-,34-32-. The summed E-state index contributed by atoms with van der Waals surface area (Å²) in [6.07, 6.45) is 68.5. The third-order valence-corrected chi connectivity index (χ3v) is 14.6. The van der Waals surface area contributed by atoms with E-state index in [9.17, 15) is 28.9 Å². The summed E-state index contributed by atoms with van der Waals surface area (Å²) in [4.78, 5) is 48.7. The van der Waals surface area contributed by atoms with Crippen molar-refractivity contribution in [1.82, 2.24) is 0 Å². The van der Waals surface area contributed by atoms with Gasteiger partial charge < -0.3 is 24.2 Å². The molecule has 0 fully saturated rings. The van der Waals surface area contributed by atoms with Crippen molar-refractivity contribution in [3.8, 4) is 0 Å². The van der Waals surface area contributed by atoms with Gasteiger partial charge >= 0.3 is 25.7 Å². The summed E-state index contributed by atoms with van der Waals surface area (Å²) in [6, 6.07) is 0. The number of aliphatic hydroxyl groups is 1. The Bertz CT molecular complexity index is 1590. The number of ether oxygens (including phenoxy) is 3. The highest BCUT2D eigenvalue weighted by atomic mass is 31.2. The highest BCUT2D eigenvalue weighted by molar-refractivity contribution is 7.47. The smallest absolute Gasteiger partial charge is 0.462 e. The van der Waals surface area contributed by atoms with Gasteiger partial charge in [-0.15, -0.1) is 0 Å². The molecule has 3 atom stereocenters. The first-order valence-electron chi connectivity index (χ1n) is 31.8. The Balaban J connectivity index is 4.73. The fourth-order valence-electron chi connectivity index (χ4n) is 8.79. The molecule has 0 amide bonds. The Kier molecular flexibility index (Phi) is 57.7. The lowest BCUT2D eigenvalue weighted by atomic mass is 10.0. The lowest BCUT2D eigenvalue weighted by Gasteiger charge is -2.21. The highest BCUT2D eigenvalue weighted by Crippen LogP contribution is 2.43. The number of carbonyl (C=O) groups is 3. The molecule has 0 aromatic rings. The molecule has 3 unspecified atom stereocenters. The second kappa shape index (κ2) is 60.0. The maximum atomic E-state index is 13.0. The molecular weight excluding hydrogens is 1000 g/mol. The number of allylic oxidation sites excluding steroid dienone is 12. The summed E-state index contributed by atoms with van der Waals surface area (Å²) in [7, 11) is -4.76. The van der Waals surface area contributed by atoms with Crippen LogP contribution in [0.15, 0.2) is 72.9 Å².